The molecule has 5 rings (SSSR count). The Labute approximate surface area is 205 Å². The van der Waals surface area contributed by atoms with Gasteiger partial charge in [0.15, 0.2) is 0 Å². The fourth-order valence-corrected chi connectivity index (χ4v) is 5.58. The summed E-state index contributed by atoms with van der Waals surface area (Å²) < 4.78 is 2.06. The second-order valence-corrected chi connectivity index (χ2v) is 11.1. The topological polar surface area (TPSA) is 41.4 Å². The van der Waals surface area contributed by atoms with Crippen molar-refractivity contribution in [3.63, 3.8) is 0 Å². The first-order valence-electron chi connectivity index (χ1n) is 11.9. The molecule has 0 bridgehead atoms. The van der Waals surface area contributed by atoms with Crippen molar-refractivity contribution in [1.29, 1.82) is 0 Å². The maximum atomic E-state index is 13.3. The zero-order valence-electron chi connectivity index (χ0n) is 19.3. The van der Waals surface area contributed by atoms with Crippen molar-refractivity contribution in [3.8, 4) is 5.69 Å². The highest BCUT2D eigenvalue weighted by molar-refractivity contribution is 7.12. The lowest BCUT2D eigenvalue weighted by Crippen LogP contribution is -2.35. The molecule has 174 valence electrons. The van der Waals surface area contributed by atoms with E-state index in [4.69, 9.17) is 16.7 Å². The van der Waals surface area contributed by atoms with Crippen molar-refractivity contribution < 1.29 is 4.79 Å². The highest BCUT2D eigenvalue weighted by atomic mass is 35.5. The molecule has 2 aliphatic rings. The minimum Gasteiger partial charge on any atom is -0.332 e. The van der Waals surface area contributed by atoms with E-state index in [2.05, 4.69) is 29.5 Å². The minimum atomic E-state index is 0.0930. The van der Waals surface area contributed by atoms with Gasteiger partial charge in [-0.3, -0.25) is 9.69 Å². The summed E-state index contributed by atoms with van der Waals surface area (Å²) in [7, 11) is 0. The lowest BCUT2D eigenvalue weighted by Gasteiger charge is -2.29. The molecule has 7 heteroatoms. The molecule has 0 unspecified atom stereocenters. The molecule has 5 nitrogen and oxygen atoms in total. The van der Waals surface area contributed by atoms with E-state index in [1.807, 2.05) is 40.6 Å². The van der Waals surface area contributed by atoms with E-state index >= 15 is 0 Å². The van der Waals surface area contributed by atoms with E-state index in [0.717, 1.165) is 41.7 Å². The largest absolute Gasteiger partial charge is 0.332 e. The molecule has 1 aliphatic carbocycles. The third-order valence-corrected chi connectivity index (χ3v) is 7.52. The third-order valence-electron chi connectivity index (χ3n) is 6.43. The Morgan fingerprint density at radius 2 is 2.12 bits per heavy atom. The van der Waals surface area contributed by atoms with E-state index in [9.17, 15) is 4.79 Å². The van der Waals surface area contributed by atoms with Crippen molar-refractivity contribution in [2.24, 2.45) is 11.8 Å². The predicted molar refractivity (Wildman–Crippen MR) is 134 cm³/mol. The molecule has 0 radical (unpaired) electrons. The first-order valence-corrected chi connectivity index (χ1v) is 13.1. The van der Waals surface area contributed by atoms with Gasteiger partial charge >= 0.3 is 0 Å². The maximum absolute atomic E-state index is 13.3. The van der Waals surface area contributed by atoms with E-state index < -0.39 is 0 Å². The van der Waals surface area contributed by atoms with Gasteiger partial charge in [-0.05, 0) is 54.3 Å². The van der Waals surface area contributed by atoms with E-state index in [1.54, 1.807) is 0 Å². The van der Waals surface area contributed by atoms with Crippen LogP contribution in [0, 0.1) is 11.8 Å². The minimum absolute atomic E-state index is 0.0930. The normalized spacial score (nSPS) is 16.2. The van der Waals surface area contributed by atoms with Crippen LogP contribution in [0.15, 0.2) is 41.8 Å². The number of amides is 1. The van der Waals surface area contributed by atoms with Crippen molar-refractivity contribution in [2.75, 3.05) is 19.6 Å². The highest BCUT2D eigenvalue weighted by Gasteiger charge is 2.31. The lowest BCUT2D eigenvalue weighted by molar-refractivity contribution is 0.0724. The van der Waals surface area contributed by atoms with Gasteiger partial charge in [-0.15, -0.1) is 11.3 Å². The average Bonchev–Trinajstić information content (AvgIpc) is 3.30. The summed E-state index contributed by atoms with van der Waals surface area (Å²) in [5.41, 5.74) is 4.54. The van der Waals surface area contributed by atoms with E-state index in [1.165, 1.54) is 42.0 Å². The zero-order valence-corrected chi connectivity index (χ0v) is 20.9. The number of rotatable bonds is 8. The Bertz CT molecular complexity index is 1120. The Balaban J connectivity index is 1.50. The molecule has 2 aromatic heterocycles. The molecule has 3 aromatic rings. The number of nitrogens with zero attached hydrogens (tertiary/aromatic N) is 4. The highest BCUT2D eigenvalue weighted by Crippen LogP contribution is 2.33. The van der Waals surface area contributed by atoms with Crippen LogP contribution in [0.1, 0.15) is 53.3 Å². The van der Waals surface area contributed by atoms with Gasteiger partial charge in [-0.25, -0.2) is 4.68 Å². The number of hydrogen-bond acceptors (Lipinski definition) is 4. The quantitative estimate of drug-likeness (QED) is 0.416. The summed E-state index contributed by atoms with van der Waals surface area (Å²) in [6, 6.07) is 11.7. The van der Waals surface area contributed by atoms with Crippen molar-refractivity contribution in [1.82, 2.24) is 19.6 Å². The van der Waals surface area contributed by atoms with Gasteiger partial charge in [0, 0.05) is 43.2 Å². The summed E-state index contributed by atoms with van der Waals surface area (Å²) >= 11 is 7.82. The Hall–Kier alpha value is -2.15. The Morgan fingerprint density at radius 3 is 2.82 bits per heavy atom. The summed E-state index contributed by atoms with van der Waals surface area (Å²) in [5.74, 6) is 1.33. The maximum Gasteiger partial charge on any atom is 0.264 e. The molecule has 0 N–H and O–H groups in total. The molecule has 1 saturated carbocycles. The Kier molecular flexibility index (Phi) is 6.59. The van der Waals surface area contributed by atoms with Crippen molar-refractivity contribution in [2.45, 2.75) is 46.2 Å². The van der Waals surface area contributed by atoms with Gasteiger partial charge in [-0.2, -0.15) is 5.10 Å². The van der Waals surface area contributed by atoms with Crippen LogP contribution in [0.5, 0.6) is 0 Å². The number of aromatic nitrogens is 2. The molecular formula is C26H31ClN4OS. The summed E-state index contributed by atoms with van der Waals surface area (Å²) in [6.45, 7) is 8.69. The van der Waals surface area contributed by atoms with Gasteiger partial charge in [0.25, 0.3) is 5.91 Å². The molecule has 1 aliphatic heterocycles. The molecular weight excluding hydrogens is 452 g/mol. The first-order chi connectivity index (χ1) is 16.0. The lowest BCUT2D eigenvalue weighted by atomic mass is 10.0. The third kappa shape index (κ3) is 5.18. The van der Waals surface area contributed by atoms with Crippen LogP contribution >= 0.6 is 22.9 Å². The molecule has 0 saturated heterocycles. The first kappa shape index (κ1) is 22.6. The van der Waals surface area contributed by atoms with Crippen LogP contribution < -0.4 is 0 Å². The molecule has 3 heterocycles. The average molecular weight is 483 g/mol. The predicted octanol–water partition coefficient (Wildman–Crippen LogP) is 5.65. The van der Waals surface area contributed by atoms with Crippen LogP contribution in [-0.4, -0.2) is 45.1 Å². The van der Waals surface area contributed by atoms with Crippen LogP contribution in [0.25, 0.3) is 5.69 Å². The van der Waals surface area contributed by atoms with E-state index in [0.29, 0.717) is 24.0 Å². The fraction of sp³-hybridized carbons (Fsp3) is 0.462. The van der Waals surface area contributed by atoms with Crippen LogP contribution in [-0.2, 0) is 19.5 Å². The van der Waals surface area contributed by atoms with E-state index in [-0.39, 0.29) is 5.91 Å². The zero-order chi connectivity index (χ0) is 22.9. The number of carbonyl (C=O) groups excluding carboxylic acids is 1. The molecule has 1 fully saturated rings. The smallest absolute Gasteiger partial charge is 0.264 e. The van der Waals surface area contributed by atoms with Crippen LogP contribution in [0.3, 0.4) is 0 Å². The van der Waals surface area contributed by atoms with Crippen LogP contribution in [0.4, 0.5) is 0 Å². The molecule has 0 spiro atoms. The fourth-order valence-electron chi connectivity index (χ4n) is 4.71. The van der Waals surface area contributed by atoms with Gasteiger partial charge in [0.2, 0.25) is 0 Å². The number of halogens is 1. The monoisotopic (exact) mass is 482 g/mol. The number of fused-ring (bicyclic) bond motifs is 1. The second kappa shape index (κ2) is 9.61. The molecule has 1 amide bonds. The number of hydrogen-bond donors (Lipinski definition) is 0. The number of carbonyl (C=O) groups is 1. The van der Waals surface area contributed by atoms with Crippen molar-refractivity contribution in [3.05, 3.63) is 68.6 Å². The molecule has 1 aromatic carbocycles. The summed E-state index contributed by atoms with van der Waals surface area (Å²) in [4.78, 5) is 18.7. The summed E-state index contributed by atoms with van der Waals surface area (Å²) in [6.07, 6.45) is 3.68. The number of thiophene rings is 1. The van der Waals surface area contributed by atoms with Gasteiger partial charge in [0.1, 0.15) is 0 Å². The number of benzene rings is 1. The van der Waals surface area contributed by atoms with Crippen LogP contribution in [0.2, 0.25) is 5.02 Å². The SMILES string of the molecule is CC(C)CN(Cc1nn(-c2cccc(Cl)c2)c2c1CN(CC1CC1)CC2)C(=O)c1cccs1. The molecule has 33 heavy (non-hydrogen) atoms. The van der Waals surface area contributed by atoms with Gasteiger partial charge in [-0.1, -0.05) is 37.6 Å². The van der Waals surface area contributed by atoms with Crippen molar-refractivity contribution >= 4 is 28.8 Å². The molecule has 0 atom stereocenters. The Morgan fingerprint density at radius 1 is 1.27 bits per heavy atom. The second-order valence-electron chi connectivity index (χ2n) is 9.75. The van der Waals surface area contributed by atoms with Gasteiger partial charge < -0.3 is 4.90 Å². The van der Waals surface area contributed by atoms with Gasteiger partial charge in [0.05, 0.1) is 28.5 Å². The standard InChI is InChI=1S/C26H31ClN4OS/c1-18(2)14-30(26(32)25-7-4-12-33-25)17-23-22-16-29(15-19-8-9-19)11-10-24(22)31(28-23)21-6-3-5-20(27)13-21/h3-7,12-13,18-19H,8-11,14-17H2,1-2H3. The summed E-state index contributed by atoms with van der Waals surface area (Å²) in [5, 5.41) is 7.76.